The van der Waals surface area contributed by atoms with Crippen LogP contribution in [0.1, 0.15) is 17.7 Å². The van der Waals surface area contributed by atoms with Crippen molar-refractivity contribution in [1.82, 2.24) is 19.6 Å². The predicted octanol–water partition coefficient (Wildman–Crippen LogP) is 1.42. The molecule has 8 heteroatoms. The van der Waals surface area contributed by atoms with Gasteiger partial charge in [-0.05, 0) is 24.2 Å². The Morgan fingerprint density at radius 3 is 2.96 bits per heavy atom. The van der Waals surface area contributed by atoms with Crippen molar-refractivity contribution in [3.05, 3.63) is 51.9 Å². The summed E-state index contributed by atoms with van der Waals surface area (Å²) in [5, 5.41) is 7.43. The fourth-order valence-electron chi connectivity index (χ4n) is 2.55. The molecule has 23 heavy (non-hydrogen) atoms. The summed E-state index contributed by atoms with van der Waals surface area (Å²) < 4.78 is 1.35. The summed E-state index contributed by atoms with van der Waals surface area (Å²) in [4.78, 5) is 20.8. The summed E-state index contributed by atoms with van der Waals surface area (Å²) in [5.74, 6) is 1.95. The monoisotopic (exact) mass is 337 g/mol. The fourth-order valence-corrected chi connectivity index (χ4v) is 3.58. The number of hydrogen-bond donors (Lipinski definition) is 2. The van der Waals surface area contributed by atoms with Crippen molar-refractivity contribution in [3.63, 3.8) is 0 Å². The number of benzene rings is 1. The fraction of sp³-hybridized carbons (Fsp3) is 0.267. The molecule has 1 aliphatic rings. The first kappa shape index (κ1) is 16.6. The number of aryl methyl sites for hydroxylation is 1. The van der Waals surface area contributed by atoms with Gasteiger partial charge in [-0.3, -0.25) is 4.79 Å². The number of nitrogens with one attached hydrogen (secondary N) is 2. The number of nitrogens with zero attached hydrogens (tertiary/aromatic N) is 3. The molecule has 4 rings (SSSR count). The van der Waals surface area contributed by atoms with Crippen LogP contribution < -0.4 is 10.9 Å². The Kier molecular flexibility index (Phi) is 5.11. The zero-order valence-electron chi connectivity index (χ0n) is 11.9. The van der Waals surface area contributed by atoms with Crippen LogP contribution in [0.2, 0.25) is 0 Å². The van der Waals surface area contributed by atoms with Crippen molar-refractivity contribution >= 4 is 53.0 Å². The molecule has 114 valence electrons. The number of aromatic nitrogens is 4. The van der Waals surface area contributed by atoms with Crippen LogP contribution in [0, 0.1) is 0 Å². The summed E-state index contributed by atoms with van der Waals surface area (Å²) in [6, 6.07) is 10.0. The van der Waals surface area contributed by atoms with Crippen molar-refractivity contribution in [2.45, 2.75) is 24.3 Å². The van der Waals surface area contributed by atoms with Crippen LogP contribution >= 0.6 is 11.8 Å². The number of fused-ring (bicyclic) bond motifs is 2. The molecule has 0 fully saturated rings. The van der Waals surface area contributed by atoms with Crippen molar-refractivity contribution in [1.29, 1.82) is 0 Å². The molecule has 6 nitrogen and oxygen atoms in total. The number of aromatic amines is 1. The maximum atomic E-state index is 12.5. The van der Waals surface area contributed by atoms with Gasteiger partial charge in [0.15, 0.2) is 0 Å². The van der Waals surface area contributed by atoms with Crippen molar-refractivity contribution in [2.24, 2.45) is 0 Å². The van der Waals surface area contributed by atoms with Crippen LogP contribution in [0.5, 0.6) is 0 Å². The Morgan fingerprint density at radius 2 is 2.13 bits per heavy atom. The van der Waals surface area contributed by atoms with Crippen LogP contribution in [0.3, 0.4) is 0 Å². The van der Waals surface area contributed by atoms with Crippen LogP contribution in [0.25, 0.3) is 5.78 Å². The average Bonchev–Trinajstić information content (AvgIpc) is 2.97. The van der Waals surface area contributed by atoms with Gasteiger partial charge in [0.2, 0.25) is 11.7 Å². The van der Waals surface area contributed by atoms with E-state index in [0.717, 1.165) is 34.7 Å². The average molecular weight is 337 g/mol. The molecule has 0 amide bonds. The summed E-state index contributed by atoms with van der Waals surface area (Å²) in [7, 11) is 0. The first-order valence-electron chi connectivity index (χ1n) is 7.24. The normalized spacial score (nSPS) is 13.4. The molecule has 0 atom stereocenters. The second-order valence-electron chi connectivity index (χ2n) is 5.20. The van der Waals surface area contributed by atoms with Gasteiger partial charge >= 0.3 is 29.6 Å². The Morgan fingerprint density at radius 1 is 1.30 bits per heavy atom. The molecule has 0 saturated heterocycles. The number of thioether (sulfide) groups is 1. The van der Waals surface area contributed by atoms with Gasteiger partial charge in [-0.15, -0.1) is 16.9 Å². The van der Waals surface area contributed by atoms with Crippen LogP contribution in [0.15, 0.2) is 40.0 Å². The minimum atomic E-state index is -0.0753. The van der Waals surface area contributed by atoms with E-state index < -0.39 is 0 Å². The number of anilines is 1. The summed E-state index contributed by atoms with van der Waals surface area (Å²) in [6.45, 7) is 0.625. The van der Waals surface area contributed by atoms with Gasteiger partial charge in [-0.1, -0.05) is 30.3 Å². The third-order valence-electron chi connectivity index (χ3n) is 3.64. The second kappa shape index (κ2) is 7.09. The van der Waals surface area contributed by atoms with Gasteiger partial charge in [0.05, 0.1) is 4.90 Å². The summed E-state index contributed by atoms with van der Waals surface area (Å²) in [6.07, 6.45) is 1.98. The molecule has 0 radical (unpaired) electrons. The Labute approximate surface area is 159 Å². The maximum absolute atomic E-state index is 12.5. The summed E-state index contributed by atoms with van der Waals surface area (Å²) in [5.41, 5.74) is 2.05. The molecule has 0 aliphatic carbocycles. The Bertz CT molecular complexity index is 877. The SMILES string of the molecule is O=c1c2c([nH]c3nc(NCc4ccccc4)nn13)CCCS2.[NaH]. The number of hydrogen-bond acceptors (Lipinski definition) is 5. The molecule has 1 aromatic carbocycles. The molecular weight excluding hydrogens is 321 g/mol. The molecule has 3 heterocycles. The molecule has 0 saturated carbocycles. The van der Waals surface area contributed by atoms with Crippen molar-refractivity contribution in [2.75, 3.05) is 11.1 Å². The molecule has 3 aromatic rings. The van der Waals surface area contributed by atoms with Gasteiger partial charge in [-0.25, -0.2) is 0 Å². The zero-order valence-corrected chi connectivity index (χ0v) is 12.7. The van der Waals surface area contributed by atoms with Gasteiger partial charge in [0.1, 0.15) is 0 Å². The quantitative estimate of drug-likeness (QED) is 0.707. The first-order valence-corrected chi connectivity index (χ1v) is 8.22. The third kappa shape index (κ3) is 3.33. The predicted molar refractivity (Wildman–Crippen MR) is 93.6 cm³/mol. The van der Waals surface area contributed by atoms with E-state index in [-0.39, 0.29) is 35.1 Å². The van der Waals surface area contributed by atoms with Gasteiger partial charge in [0.25, 0.3) is 5.56 Å². The molecule has 1 aliphatic heterocycles. The molecular formula is C15H16N5NaOS. The van der Waals surface area contributed by atoms with E-state index in [2.05, 4.69) is 20.4 Å². The number of rotatable bonds is 3. The zero-order chi connectivity index (χ0) is 14.9. The van der Waals surface area contributed by atoms with E-state index in [4.69, 9.17) is 0 Å². The van der Waals surface area contributed by atoms with E-state index in [9.17, 15) is 4.79 Å². The molecule has 0 unspecified atom stereocenters. The van der Waals surface area contributed by atoms with E-state index in [1.807, 2.05) is 30.3 Å². The van der Waals surface area contributed by atoms with E-state index in [1.54, 1.807) is 11.8 Å². The Hall–Kier alpha value is -1.28. The first-order chi connectivity index (χ1) is 10.8. The van der Waals surface area contributed by atoms with Crippen molar-refractivity contribution in [3.8, 4) is 0 Å². The van der Waals surface area contributed by atoms with Crippen LogP contribution in [0.4, 0.5) is 5.95 Å². The van der Waals surface area contributed by atoms with Gasteiger partial charge in [0, 0.05) is 12.2 Å². The molecule has 0 spiro atoms. The standard InChI is InChI=1S/C15H15N5OS.Na.H/c21-13-12-11(7-4-8-22-12)17-15-18-14(19-20(13)15)16-9-10-5-2-1-3-6-10;;/h1-3,5-6H,4,7-9H2,(H2,16,17,18,19);;. The van der Waals surface area contributed by atoms with Gasteiger partial charge < -0.3 is 10.3 Å². The third-order valence-corrected chi connectivity index (χ3v) is 4.84. The van der Waals surface area contributed by atoms with E-state index >= 15 is 0 Å². The van der Waals surface area contributed by atoms with Gasteiger partial charge in [-0.2, -0.15) is 9.50 Å². The van der Waals surface area contributed by atoms with Crippen LogP contribution in [-0.4, -0.2) is 54.9 Å². The second-order valence-corrected chi connectivity index (χ2v) is 6.30. The molecule has 0 bridgehead atoms. The minimum absolute atomic E-state index is 0. The molecule has 2 aromatic heterocycles. The summed E-state index contributed by atoms with van der Waals surface area (Å²) >= 11 is 1.60. The van der Waals surface area contributed by atoms with Crippen molar-refractivity contribution < 1.29 is 0 Å². The molecule has 2 N–H and O–H groups in total. The van der Waals surface area contributed by atoms with Crippen LogP contribution in [-0.2, 0) is 13.0 Å². The Balaban J connectivity index is 0.00000156. The topological polar surface area (TPSA) is 75.1 Å². The van der Waals surface area contributed by atoms with E-state index in [1.165, 1.54) is 4.52 Å². The number of H-pyrrole nitrogens is 1. The van der Waals surface area contributed by atoms with E-state index in [0.29, 0.717) is 18.3 Å².